The fourth-order valence-electron chi connectivity index (χ4n) is 1.51. The maximum absolute atomic E-state index is 13.0. The van der Waals surface area contributed by atoms with Crippen LogP contribution in [0.5, 0.6) is 0 Å². The van der Waals surface area contributed by atoms with E-state index in [2.05, 4.69) is 0 Å². The van der Waals surface area contributed by atoms with Crippen LogP contribution < -0.4 is 0 Å². The lowest BCUT2D eigenvalue weighted by Crippen LogP contribution is -2.23. The number of hydrogen-bond acceptors (Lipinski definition) is 1. The monoisotopic (exact) mass is 211 g/mol. The van der Waals surface area contributed by atoms with E-state index in [-0.39, 0.29) is 6.08 Å². The molecule has 1 rings (SSSR count). The summed E-state index contributed by atoms with van der Waals surface area (Å²) in [6.45, 7) is 0.775. The Balaban J connectivity index is 2.57. The number of allylic oxidation sites excluding steroid dienone is 1. The second kappa shape index (κ2) is 4.66. The SMILES string of the molecule is F/C(=C\C(F)(F)F)N1CCCCCC1. The molecule has 1 aliphatic rings. The summed E-state index contributed by atoms with van der Waals surface area (Å²) in [5, 5.41) is 0. The smallest absolute Gasteiger partial charge is 0.349 e. The molecule has 1 heterocycles. The van der Waals surface area contributed by atoms with Gasteiger partial charge in [0.25, 0.3) is 0 Å². The molecule has 0 unspecified atom stereocenters. The van der Waals surface area contributed by atoms with Gasteiger partial charge < -0.3 is 4.90 Å². The van der Waals surface area contributed by atoms with Gasteiger partial charge in [0, 0.05) is 13.1 Å². The van der Waals surface area contributed by atoms with E-state index in [1.165, 1.54) is 4.90 Å². The van der Waals surface area contributed by atoms with Crippen molar-refractivity contribution in [2.24, 2.45) is 0 Å². The zero-order valence-electron chi connectivity index (χ0n) is 7.78. The normalized spacial score (nSPS) is 20.9. The lowest BCUT2D eigenvalue weighted by molar-refractivity contribution is -0.0829. The van der Waals surface area contributed by atoms with Crippen LogP contribution in [0.2, 0.25) is 0 Å². The first-order valence-corrected chi connectivity index (χ1v) is 4.69. The fourth-order valence-corrected chi connectivity index (χ4v) is 1.51. The molecule has 0 bridgehead atoms. The van der Waals surface area contributed by atoms with Gasteiger partial charge >= 0.3 is 6.18 Å². The summed E-state index contributed by atoms with van der Waals surface area (Å²) in [7, 11) is 0. The molecular formula is C9H13F4N. The molecule has 1 fully saturated rings. The molecule has 82 valence electrons. The van der Waals surface area contributed by atoms with Crippen molar-refractivity contribution in [3.05, 3.63) is 12.0 Å². The van der Waals surface area contributed by atoms with E-state index in [1.54, 1.807) is 0 Å². The van der Waals surface area contributed by atoms with Crippen molar-refractivity contribution >= 4 is 0 Å². The highest BCUT2D eigenvalue weighted by Crippen LogP contribution is 2.22. The van der Waals surface area contributed by atoms with Gasteiger partial charge in [-0.25, -0.2) is 0 Å². The fraction of sp³-hybridized carbons (Fsp3) is 0.778. The second-order valence-corrected chi connectivity index (χ2v) is 3.41. The first-order chi connectivity index (χ1) is 6.49. The van der Waals surface area contributed by atoms with E-state index < -0.39 is 12.1 Å². The molecule has 0 radical (unpaired) electrons. The van der Waals surface area contributed by atoms with Crippen LogP contribution >= 0.6 is 0 Å². The van der Waals surface area contributed by atoms with Crippen LogP contribution in [0.25, 0.3) is 0 Å². The topological polar surface area (TPSA) is 3.24 Å². The Kier molecular flexibility index (Phi) is 3.77. The molecule has 0 amide bonds. The van der Waals surface area contributed by atoms with Gasteiger partial charge in [-0.1, -0.05) is 12.8 Å². The Hall–Kier alpha value is -0.740. The van der Waals surface area contributed by atoms with Crippen molar-refractivity contribution in [3.63, 3.8) is 0 Å². The van der Waals surface area contributed by atoms with Crippen LogP contribution in [-0.2, 0) is 0 Å². The van der Waals surface area contributed by atoms with Crippen molar-refractivity contribution in [2.75, 3.05) is 13.1 Å². The average Bonchev–Trinajstić information content (AvgIpc) is 2.27. The van der Waals surface area contributed by atoms with Crippen molar-refractivity contribution in [3.8, 4) is 0 Å². The van der Waals surface area contributed by atoms with Gasteiger partial charge in [0.2, 0.25) is 0 Å². The first kappa shape index (κ1) is 11.3. The van der Waals surface area contributed by atoms with Crippen LogP contribution in [0.1, 0.15) is 25.7 Å². The predicted octanol–water partition coefficient (Wildman–Crippen LogP) is 3.24. The van der Waals surface area contributed by atoms with Crippen LogP contribution in [0, 0.1) is 0 Å². The summed E-state index contributed by atoms with van der Waals surface area (Å²) in [5.41, 5.74) is 0. The zero-order chi connectivity index (χ0) is 10.6. The van der Waals surface area contributed by atoms with Gasteiger partial charge in [-0.3, -0.25) is 0 Å². The van der Waals surface area contributed by atoms with Crippen molar-refractivity contribution in [2.45, 2.75) is 31.9 Å². The third-order valence-corrected chi connectivity index (χ3v) is 2.19. The Labute approximate surface area is 80.4 Å². The Morgan fingerprint density at radius 2 is 1.50 bits per heavy atom. The highest BCUT2D eigenvalue weighted by Gasteiger charge is 2.27. The number of halogens is 4. The molecule has 0 aromatic rings. The van der Waals surface area contributed by atoms with Gasteiger partial charge in [-0.2, -0.15) is 17.6 Å². The van der Waals surface area contributed by atoms with Gasteiger partial charge in [0.15, 0.2) is 5.95 Å². The molecule has 0 saturated carbocycles. The average molecular weight is 211 g/mol. The molecule has 0 spiro atoms. The Morgan fingerprint density at radius 1 is 1.00 bits per heavy atom. The molecule has 0 aromatic carbocycles. The molecule has 1 aliphatic heterocycles. The highest BCUT2D eigenvalue weighted by atomic mass is 19.4. The highest BCUT2D eigenvalue weighted by molar-refractivity contribution is 4.97. The second-order valence-electron chi connectivity index (χ2n) is 3.41. The first-order valence-electron chi connectivity index (χ1n) is 4.69. The van der Waals surface area contributed by atoms with Gasteiger partial charge in [0.1, 0.15) is 0 Å². The summed E-state index contributed by atoms with van der Waals surface area (Å²) in [4.78, 5) is 1.17. The molecule has 1 saturated heterocycles. The largest absolute Gasteiger partial charge is 0.414 e. The van der Waals surface area contributed by atoms with E-state index in [0.29, 0.717) is 13.1 Å². The molecule has 0 aliphatic carbocycles. The molecular weight excluding hydrogens is 198 g/mol. The number of alkyl halides is 3. The van der Waals surface area contributed by atoms with Crippen molar-refractivity contribution < 1.29 is 17.6 Å². The summed E-state index contributed by atoms with van der Waals surface area (Å²) in [6, 6.07) is 0. The minimum Gasteiger partial charge on any atom is -0.349 e. The maximum Gasteiger partial charge on any atom is 0.414 e. The lowest BCUT2D eigenvalue weighted by Gasteiger charge is -2.20. The summed E-state index contributed by atoms with van der Waals surface area (Å²) < 4.78 is 48.5. The van der Waals surface area contributed by atoms with E-state index in [0.717, 1.165) is 25.7 Å². The zero-order valence-corrected chi connectivity index (χ0v) is 7.78. The van der Waals surface area contributed by atoms with Crippen LogP contribution in [0.15, 0.2) is 12.0 Å². The molecule has 1 nitrogen and oxygen atoms in total. The van der Waals surface area contributed by atoms with E-state index in [1.807, 2.05) is 0 Å². The molecule has 0 N–H and O–H groups in total. The minimum atomic E-state index is -4.56. The summed E-state index contributed by atoms with van der Waals surface area (Å²) in [5.74, 6) is -1.15. The Bertz CT molecular complexity index is 201. The predicted molar refractivity (Wildman–Crippen MR) is 45.3 cm³/mol. The van der Waals surface area contributed by atoms with Crippen LogP contribution in [0.3, 0.4) is 0 Å². The van der Waals surface area contributed by atoms with Crippen molar-refractivity contribution in [1.29, 1.82) is 0 Å². The number of rotatable bonds is 1. The Morgan fingerprint density at radius 3 is 1.93 bits per heavy atom. The third-order valence-electron chi connectivity index (χ3n) is 2.19. The third kappa shape index (κ3) is 3.98. The minimum absolute atomic E-state index is 0.266. The van der Waals surface area contributed by atoms with Crippen molar-refractivity contribution in [1.82, 2.24) is 4.90 Å². The standard InChI is InChI=1S/C9H13F4N/c10-8(7-9(11,12)13)14-5-3-1-2-4-6-14/h7H,1-6H2/b8-7+. The maximum atomic E-state index is 13.0. The van der Waals surface area contributed by atoms with E-state index >= 15 is 0 Å². The molecule has 0 atom stereocenters. The lowest BCUT2D eigenvalue weighted by atomic mass is 10.2. The van der Waals surface area contributed by atoms with Gasteiger partial charge in [0.05, 0.1) is 6.08 Å². The van der Waals surface area contributed by atoms with Gasteiger partial charge in [-0.05, 0) is 12.8 Å². The number of hydrogen-bond donors (Lipinski definition) is 0. The number of nitrogens with zero attached hydrogens (tertiary/aromatic N) is 1. The molecule has 5 heteroatoms. The summed E-state index contributed by atoms with van der Waals surface area (Å²) >= 11 is 0. The molecule has 0 aromatic heterocycles. The summed E-state index contributed by atoms with van der Waals surface area (Å²) in [6.07, 6.45) is -1.36. The number of likely N-dealkylation sites (tertiary alicyclic amines) is 1. The van der Waals surface area contributed by atoms with E-state index in [4.69, 9.17) is 0 Å². The van der Waals surface area contributed by atoms with Crippen LogP contribution in [-0.4, -0.2) is 24.2 Å². The molecule has 14 heavy (non-hydrogen) atoms. The van der Waals surface area contributed by atoms with E-state index in [9.17, 15) is 17.6 Å². The van der Waals surface area contributed by atoms with Gasteiger partial charge in [-0.15, -0.1) is 0 Å². The van der Waals surface area contributed by atoms with Crippen LogP contribution in [0.4, 0.5) is 17.6 Å². The quantitative estimate of drug-likeness (QED) is 0.475.